The Morgan fingerprint density at radius 2 is 2.00 bits per heavy atom. The SMILES string of the molecule is O=C(O)C(F)(F)F.O=C(c1cnoc1)N1CCC2(CC1)OCCC2CCOCc1cccnc1. The van der Waals surface area contributed by atoms with E-state index < -0.39 is 12.1 Å². The Morgan fingerprint density at radius 3 is 2.59 bits per heavy atom. The summed E-state index contributed by atoms with van der Waals surface area (Å²) < 4.78 is 48.6. The van der Waals surface area contributed by atoms with Gasteiger partial charge < -0.3 is 24.0 Å². The molecule has 0 aromatic carbocycles. The minimum absolute atomic E-state index is 0.0135. The molecule has 2 fully saturated rings. The van der Waals surface area contributed by atoms with Crippen LogP contribution in [0.1, 0.15) is 41.6 Å². The summed E-state index contributed by atoms with van der Waals surface area (Å²) in [6.07, 6.45) is 5.19. The number of carbonyl (C=O) groups excluding carboxylic acids is 1. The highest BCUT2D eigenvalue weighted by Crippen LogP contribution is 2.42. The van der Waals surface area contributed by atoms with E-state index in [-0.39, 0.29) is 11.5 Å². The summed E-state index contributed by atoms with van der Waals surface area (Å²) in [6.45, 7) is 3.52. The van der Waals surface area contributed by atoms with E-state index >= 15 is 0 Å². The lowest BCUT2D eigenvalue weighted by atomic mass is 9.78. The second kappa shape index (κ2) is 11.4. The van der Waals surface area contributed by atoms with Crippen LogP contribution in [-0.4, -0.2) is 70.1 Å². The molecule has 2 aromatic heterocycles. The Labute approximate surface area is 193 Å². The van der Waals surface area contributed by atoms with Crippen LogP contribution >= 0.6 is 0 Å². The normalized spacial score (nSPS) is 19.5. The molecule has 4 rings (SSSR count). The van der Waals surface area contributed by atoms with Crippen molar-refractivity contribution in [1.82, 2.24) is 15.0 Å². The van der Waals surface area contributed by atoms with Crippen LogP contribution in [0, 0.1) is 5.92 Å². The first-order valence-corrected chi connectivity index (χ1v) is 10.8. The van der Waals surface area contributed by atoms with Crippen molar-refractivity contribution in [3.05, 3.63) is 48.1 Å². The van der Waals surface area contributed by atoms with Crippen molar-refractivity contribution >= 4 is 11.9 Å². The summed E-state index contributed by atoms with van der Waals surface area (Å²) in [4.78, 5) is 27.3. The molecule has 1 amide bonds. The number of hydrogen-bond donors (Lipinski definition) is 1. The minimum Gasteiger partial charge on any atom is -0.475 e. The van der Waals surface area contributed by atoms with Gasteiger partial charge in [0.25, 0.3) is 5.91 Å². The quantitative estimate of drug-likeness (QED) is 0.620. The van der Waals surface area contributed by atoms with E-state index in [0.29, 0.717) is 37.8 Å². The molecule has 4 heterocycles. The van der Waals surface area contributed by atoms with Crippen molar-refractivity contribution < 1.29 is 41.9 Å². The summed E-state index contributed by atoms with van der Waals surface area (Å²) in [7, 11) is 0. The van der Waals surface area contributed by atoms with Gasteiger partial charge in [-0.15, -0.1) is 0 Å². The van der Waals surface area contributed by atoms with Crippen LogP contribution in [0.15, 0.2) is 41.5 Å². The molecule has 0 bridgehead atoms. The number of aromatic nitrogens is 2. The monoisotopic (exact) mass is 485 g/mol. The summed E-state index contributed by atoms with van der Waals surface area (Å²) in [5, 5.41) is 10.7. The molecule has 2 aromatic rings. The van der Waals surface area contributed by atoms with Crippen molar-refractivity contribution in [3.8, 4) is 0 Å². The molecule has 186 valence electrons. The van der Waals surface area contributed by atoms with Gasteiger partial charge >= 0.3 is 12.1 Å². The van der Waals surface area contributed by atoms with Gasteiger partial charge in [0.1, 0.15) is 6.26 Å². The smallest absolute Gasteiger partial charge is 0.475 e. The lowest BCUT2D eigenvalue weighted by molar-refractivity contribution is -0.192. The molecule has 9 nitrogen and oxygen atoms in total. The second-order valence-electron chi connectivity index (χ2n) is 8.11. The number of carbonyl (C=O) groups is 2. The third-order valence-electron chi connectivity index (χ3n) is 6.02. The first-order valence-electron chi connectivity index (χ1n) is 10.8. The fourth-order valence-corrected chi connectivity index (χ4v) is 4.23. The number of piperidine rings is 1. The van der Waals surface area contributed by atoms with E-state index in [9.17, 15) is 18.0 Å². The zero-order valence-electron chi connectivity index (χ0n) is 18.4. The van der Waals surface area contributed by atoms with E-state index in [1.165, 1.54) is 12.5 Å². The number of nitrogens with zero attached hydrogens (tertiary/aromatic N) is 3. The zero-order valence-corrected chi connectivity index (χ0v) is 18.4. The molecule has 1 spiro atoms. The largest absolute Gasteiger partial charge is 0.490 e. The zero-order chi connectivity index (χ0) is 24.6. The van der Waals surface area contributed by atoms with Crippen LogP contribution in [0.3, 0.4) is 0 Å². The van der Waals surface area contributed by atoms with Crippen molar-refractivity contribution in [2.75, 3.05) is 26.3 Å². The van der Waals surface area contributed by atoms with Crippen molar-refractivity contribution in [1.29, 1.82) is 0 Å². The molecule has 12 heteroatoms. The minimum atomic E-state index is -5.08. The van der Waals surface area contributed by atoms with Crippen LogP contribution in [0.2, 0.25) is 0 Å². The van der Waals surface area contributed by atoms with Gasteiger partial charge in [0, 0.05) is 38.7 Å². The molecule has 0 radical (unpaired) electrons. The van der Waals surface area contributed by atoms with Crippen LogP contribution < -0.4 is 0 Å². The second-order valence-corrected chi connectivity index (χ2v) is 8.11. The molecule has 1 atom stereocenters. The van der Waals surface area contributed by atoms with Crippen LogP contribution in [0.5, 0.6) is 0 Å². The molecule has 0 saturated carbocycles. The maximum Gasteiger partial charge on any atom is 0.490 e. The van der Waals surface area contributed by atoms with Crippen LogP contribution in [0.4, 0.5) is 13.2 Å². The molecule has 2 saturated heterocycles. The highest BCUT2D eigenvalue weighted by molar-refractivity contribution is 5.93. The van der Waals surface area contributed by atoms with Crippen LogP contribution in [0.25, 0.3) is 0 Å². The first-order chi connectivity index (χ1) is 16.2. The summed E-state index contributed by atoms with van der Waals surface area (Å²) in [6, 6.07) is 3.95. The molecule has 1 N–H and O–H groups in total. The molecule has 0 aliphatic carbocycles. The van der Waals surface area contributed by atoms with E-state index in [2.05, 4.69) is 10.1 Å². The number of carboxylic acid groups (broad SMARTS) is 1. The standard InChI is InChI=1S/C20H25N3O4.C2HF3O2/c24-19(17-13-22-27-15-17)23-8-5-20(6-9-23)18(4-11-26-20)3-10-25-14-16-2-1-7-21-12-16;3-2(4,5)1(6)7/h1-2,7,12-13,15,18H,3-6,8-11,14H2;(H,6,7). The number of aliphatic carboxylic acids is 1. The number of ether oxygens (including phenoxy) is 2. The number of carboxylic acids is 1. The number of rotatable bonds is 6. The Bertz CT molecular complexity index is 916. The fraction of sp³-hybridized carbons (Fsp3) is 0.545. The third-order valence-corrected chi connectivity index (χ3v) is 6.02. The Hall–Kier alpha value is -2.99. The van der Waals surface area contributed by atoms with Crippen molar-refractivity contribution in [2.24, 2.45) is 5.92 Å². The average molecular weight is 485 g/mol. The highest BCUT2D eigenvalue weighted by Gasteiger charge is 2.46. The molecular weight excluding hydrogens is 459 g/mol. The average Bonchev–Trinajstić information content (AvgIpc) is 3.48. The number of alkyl halides is 3. The number of likely N-dealkylation sites (tertiary alicyclic amines) is 1. The van der Waals surface area contributed by atoms with Crippen LogP contribution in [-0.2, 0) is 20.9 Å². The first kappa shape index (κ1) is 25.6. The molecular formula is C22H26F3N3O6. The lowest BCUT2D eigenvalue weighted by Gasteiger charge is -2.42. The van der Waals surface area contributed by atoms with Gasteiger partial charge in [-0.3, -0.25) is 9.78 Å². The summed E-state index contributed by atoms with van der Waals surface area (Å²) >= 11 is 0. The van der Waals surface area contributed by atoms with Crippen molar-refractivity contribution in [3.63, 3.8) is 0 Å². The number of amides is 1. The Kier molecular flexibility index (Phi) is 8.61. The van der Waals surface area contributed by atoms with E-state index in [4.69, 9.17) is 23.9 Å². The Morgan fingerprint density at radius 1 is 1.26 bits per heavy atom. The topological polar surface area (TPSA) is 115 Å². The predicted molar refractivity (Wildman–Crippen MR) is 111 cm³/mol. The summed E-state index contributed by atoms with van der Waals surface area (Å²) in [5.41, 5.74) is 1.50. The maximum atomic E-state index is 12.5. The number of hydrogen-bond acceptors (Lipinski definition) is 7. The van der Waals surface area contributed by atoms with Gasteiger partial charge in [0.05, 0.1) is 24.0 Å². The van der Waals surface area contributed by atoms with Gasteiger partial charge in [0.2, 0.25) is 0 Å². The Balaban J connectivity index is 0.000000406. The maximum absolute atomic E-state index is 12.5. The lowest BCUT2D eigenvalue weighted by Crippen LogP contribution is -2.49. The van der Waals surface area contributed by atoms with Crippen molar-refractivity contribution in [2.45, 2.75) is 44.1 Å². The van der Waals surface area contributed by atoms with E-state index in [0.717, 1.165) is 37.9 Å². The van der Waals surface area contributed by atoms with Gasteiger partial charge in [-0.1, -0.05) is 11.2 Å². The molecule has 2 aliphatic rings. The van der Waals surface area contributed by atoms with Gasteiger partial charge in [-0.2, -0.15) is 13.2 Å². The predicted octanol–water partition coefficient (Wildman–Crippen LogP) is 3.32. The molecule has 1 unspecified atom stereocenters. The number of pyridine rings is 1. The van der Waals surface area contributed by atoms with Gasteiger partial charge in [-0.25, -0.2) is 4.79 Å². The van der Waals surface area contributed by atoms with Gasteiger partial charge in [-0.05, 0) is 43.2 Å². The molecule has 34 heavy (non-hydrogen) atoms. The number of halogens is 3. The third kappa shape index (κ3) is 6.76. The fourth-order valence-electron chi connectivity index (χ4n) is 4.23. The molecule has 2 aliphatic heterocycles. The van der Waals surface area contributed by atoms with E-state index in [1.54, 1.807) is 6.20 Å². The van der Waals surface area contributed by atoms with Gasteiger partial charge in [0.15, 0.2) is 0 Å². The van der Waals surface area contributed by atoms with E-state index in [1.807, 2.05) is 23.2 Å². The summed E-state index contributed by atoms with van der Waals surface area (Å²) in [5.74, 6) is -2.29. The highest BCUT2D eigenvalue weighted by atomic mass is 19.4.